The predicted molar refractivity (Wildman–Crippen MR) is 130 cm³/mol. The summed E-state index contributed by atoms with van der Waals surface area (Å²) >= 11 is 0. The molecule has 0 bridgehead atoms. The Kier molecular flexibility index (Phi) is 6.22. The molecular weight excluding hydrogens is 454 g/mol. The maximum atomic E-state index is 13.3. The van der Waals surface area contributed by atoms with E-state index >= 15 is 0 Å². The van der Waals surface area contributed by atoms with Crippen LogP contribution in [0.15, 0.2) is 6.20 Å². The molecule has 11 heteroatoms. The maximum Gasteiger partial charge on any atom is 0.245 e. The Bertz CT molecular complexity index is 1160. The number of anilines is 3. The van der Waals surface area contributed by atoms with Crippen LogP contribution in [0.5, 0.6) is 0 Å². The molecule has 2 aliphatic heterocycles. The predicted octanol–water partition coefficient (Wildman–Crippen LogP) is 1.86. The standard InChI is InChI=1S/C23H33N7O3S/c1-15(2)13-16-14-24-22(25-16)27-20-17-5-3-6-18(17)26-23(28-20)30-8-4-7-19(30)21(31)29-9-11-34(32,33)12-10-29/h14-15,19H,3-13H2,1-2H3,(H2,24,25,26,27,28)/t19-/m1/s1. The Morgan fingerprint density at radius 2 is 1.97 bits per heavy atom. The van der Waals surface area contributed by atoms with Crippen molar-refractivity contribution < 1.29 is 13.2 Å². The number of amides is 1. The molecule has 4 heterocycles. The number of aryl methyl sites for hydroxylation is 1. The van der Waals surface area contributed by atoms with Gasteiger partial charge in [0.1, 0.15) is 11.9 Å². The van der Waals surface area contributed by atoms with Gasteiger partial charge in [0.15, 0.2) is 9.84 Å². The highest BCUT2D eigenvalue weighted by Crippen LogP contribution is 2.32. The molecule has 1 atom stereocenters. The van der Waals surface area contributed by atoms with Gasteiger partial charge >= 0.3 is 0 Å². The Balaban J connectivity index is 1.38. The molecule has 0 radical (unpaired) electrons. The topological polar surface area (TPSA) is 124 Å². The number of nitrogens with one attached hydrogen (secondary N) is 2. The van der Waals surface area contributed by atoms with E-state index in [2.05, 4.69) is 29.1 Å². The van der Waals surface area contributed by atoms with Crippen LogP contribution in [0.4, 0.5) is 17.7 Å². The molecule has 5 rings (SSSR count). The lowest BCUT2D eigenvalue weighted by Gasteiger charge is -2.32. The number of aromatic nitrogens is 4. The van der Waals surface area contributed by atoms with E-state index in [4.69, 9.17) is 9.97 Å². The summed E-state index contributed by atoms with van der Waals surface area (Å²) in [6.07, 6.45) is 7.23. The minimum absolute atomic E-state index is 0.0182. The molecule has 1 aliphatic carbocycles. The number of sulfone groups is 1. The summed E-state index contributed by atoms with van der Waals surface area (Å²) in [4.78, 5) is 34.5. The zero-order chi connectivity index (χ0) is 23.9. The summed E-state index contributed by atoms with van der Waals surface area (Å²) < 4.78 is 23.6. The highest BCUT2D eigenvalue weighted by molar-refractivity contribution is 7.91. The lowest BCUT2D eigenvalue weighted by Crippen LogP contribution is -2.51. The summed E-state index contributed by atoms with van der Waals surface area (Å²) in [5, 5.41) is 3.37. The molecule has 10 nitrogen and oxygen atoms in total. The van der Waals surface area contributed by atoms with E-state index in [9.17, 15) is 13.2 Å². The van der Waals surface area contributed by atoms with Gasteiger partial charge in [0.2, 0.25) is 17.8 Å². The molecule has 2 aromatic rings. The van der Waals surface area contributed by atoms with Crippen LogP contribution in [0.3, 0.4) is 0 Å². The second kappa shape index (κ2) is 9.16. The van der Waals surface area contributed by atoms with Crippen LogP contribution in [-0.4, -0.2) is 76.3 Å². The number of rotatable bonds is 6. The van der Waals surface area contributed by atoms with Gasteiger partial charge in [-0.15, -0.1) is 0 Å². The molecule has 0 unspecified atom stereocenters. The number of aromatic amines is 1. The van der Waals surface area contributed by atoms with Crippen LogP contribution in [0, 0.1) is 5.92 Å². The molecule has 34 heavy (non-hydrogen) atoms. The number of imidazole rings is 1. The number of carbonyl (C=O) groups excluding carboxylic acids is 1. The number of hydrogen-bond acceptors (Lipinski definition) is 8. The Morgan fingerprint density at radius 1 is 1.18 bits per heavy atom. The van der Waals surface area contributed by atoms with Gasteiger partial charge in [0.05, 0.1) is 23.4 Å². The van der Waals surface area contributed by atoms with Gasteiger partial charge in [-0.2, -0.15) is 4.98 Å². The third kappa shape index (κ3) is 4.75. The van der Waals surface area contributed by atoms with Gasteiger partial charge in [-0.25, -0.2) is 18.4 Å². The molecular formula is C23H33N7O3S. The number of hydrogen-bond donors (Lipinski definition) is 2. The number of carbonyl (C=O) groups is 1. The van der Waals surface area contributed by atoms with Gasteiger partial charge < -0.3 is 20.1 Å². The minimum Gasteiger partial charge on any atom is -0.339 e. The summed E-state index contributed by atoms with van der Waals surface area (Å²) in [6.45, 7) is 5.59. The van der Waals surface area contributed by atoms with Crippen molar-refractivity contribution in [2.75, 3.05) is 41.4 Å². The molecule has 2 N–H and O–H groups in total. The summed E-state index contributed by atoms with van der Waals surface area (Å²) in [5.41, 5.74) is 3.23. The first kappa shape index (κ1) is 23.1. The van der Waals surface area contributed by atoms with Gasteiger partial charge in [-0.05, 0) is 44.4 Å². The summed E-state index contributed by atoms with van der Waals surface area (Å²) in [7, 11) is -3.04. The summed E-state index contributed by atoms with van der Waals surface area (Å²) in [6, 6.07) is -0.352. The van der Waals surface area contributed by atoms with Crippen molar-refractivity contribution in [2.24, 2.45) is 5.92 Å². The van der Waals surface area contributed by atoms with Crippen molar-refractivity contribution in [3.8, 4) is 0 Å². The SMILES string of the molecule is CC(C)Cc1cnc(Nc2nc(N3CCC[C@@H]3C(=O)N3CCS(=O)(=O)CC3)nc3c2CCC3)[nH]1. The van der Waals surface area contributed by atoms with E-state index in [0.717, 1.165) is 61.3 Å². The van der Waals surface area contributed by atoms with Crippen LogP contribution in [0.2, 0.25) is 0 Å². The van der Waals surface area contributed by atoms with Gasteiger partial charge in [-0.1, -0.05) is 13.8 Å². The average molecular weight is 488 g/mol. The molecule has 2 fully saturated rings. The monoisotopic (exact) mass is 487 g/mol. The smallest absolute Gasteiger partial charge is 0.245 e. The molecule has 184 valence electrons. The highest BCUT2D eigenvalue weighted by Gasteiger charge is 2.38. The second-order valence-electron chi connectivity index (χ2n) is 9.96. The first-order chi connectivity index (χ1) is 16.3. The molecule has 0 saturated carbocycles. The van der Waals surface area contributed by atoms with Crippen LogP contribution in [-0.2, 0) is 33.9 Å². The third-order valence-corrected chi connectivity index (χ3v) is 8.47. The lowest BCUT2D eigenvalue weighted by atomic mass is 10.1. The van der Waals surface area contributed by atoms with E-state index in [-0.39, 0.29) is 36.5 Å². The molecule has 0 spiro atoms. The fourth-order valence-corrected chi connectivity index (χ4v) is 6.34. The third-order valence-electron chi connectivity index (χ3n) is 6.87. The van der Waals surface area contributed by atoms with Crippen LogP contribution in [0.1, 0.15) is 50.1 Å². The largest absolute Gasteiger partial charge is 0.339 e. The Labute approximate surface area is 200 Å². The second-order valence-corrected chi connectivity index (χ2v) is 12.3. The van der Waals surface area contributed by atoms with Crippen LogP contribution >= 0.6 is 0 Å². The number of nitrogens with zero attached hydrogens (tertiary/aromatic N) is 5. The Hall–Kier alpha value is -2.69. The van der Waals surface area contributed by atoms with Crippen molar-refractivity contribution in [3.05, 3.63) is 23.1 Å². The van der Waals surface area contributed by atoms with Gasteiger partial charge in [0, 0.05) is 30.9 Å². The van der Waals surface area contributed by atoms with Crippen molar-refractivity contribution >= 4 is 33.5 Å². The zero-order valence-electron chi connectivity index (χ0n) is 19.9. The molecule has 3 aliphatic rings. The van der Waals surface area contributed by atoms with Crippen LogP contribution < -0.4 is 10.2 Å². The maximum absolute atomic E-state index is 13.3. The normalized spacial score (nSPS) is 21.8. The van der Waals surface area contributed by atoms with E-state index in [0.29, 0.717) is 24.4 Å². The molecule has 0 aromatic carbocycles. The molecule has 1 amide bonds. The van der Waals surface area contributed by atoms with Crippen molar-refractivity contribution in [1.29, 1.82) is 0 Å². The lowest BCUT2D eigenvalue weighted by molar-refractivity contribution is -0.132. The number of H-pyrrole nitrogens is 1. The first-order valence-electron chi connectivity index (χ1n) is 12.3. The van der Waals surface area contributed by atoms with E-state index < -0.39 is 9.84 Å². The Morgan fingerprint density at radius 3 is 2.74 bits per heavy atom. The quantitative estimate of drug-likeness (QED) is 0.633. The molecule has 2 aromatic heterocycles. The minimum atomic E-state index is -3.04. The molecule has 2 saturated heterocycles. The van der Waals surface area contributed by atoms with Crippen LogP contribution in [0.25, 0.3) is 0 Å². The van der Waals surface area contributed by atoms with E-state index in [1.54, 1.807) is 4.90 Å². The van der Waals surface area contributed by atoms with E-state index in [1.807, 2.05) is 11.1 Å². The first-order valence-corrected chi connectivity index (χ1v) is 14.1. The van der Waals surface area contributed by atoms with Gasteiger partial charge in [-0.3, -0.25) is 4.79 Å². The summed E-state index contributed by atoms with van der Waals surface area (Å²) in [5.74, 6) is 2.58. The zero-order valence-corrected chi connectivity index (χ0v) is 20.7. The average Bonchev–Trinajstić information content (AvgIpc) is 3.53. The van der Waals surface area contributed by atoms with Crippen molar-refractivity contribution in [3.63, 3.8) is 0 Å². The van der Waals surface area contributed by atoms with Gasteiger partial charge in [0.25, 0.3) is 0 Å². The fourth-order valence-electron chi connectivity index (χ4n) is 5.14. The van der Waals surface area contributed by atoms with Crippen molar-refractivity contribution in [1.82, 2.24) is 24.8 Å². The number of fused-ring (bicyclic) bond motifs is 1. The van der Waals surface area contributed by atoms with E-state index in [1.165, 1.54) is 0 Å². The van der Waals surface area contributed by atoms with Crippen molar-refractivity contribution in [2.45, 2.75) is 58.4 Å². The fraction of sp³-hybridized carbons (Fsp3) is 0.652. The highest BCUT2D eigenvalue weighted by atomic mass is 32.2.